The molecule has 2 aromatic carbocycles. The topological polar surface area (TPSA) is 60.2 Å². The predicted octanol–water partition coefficient (Wildman–Crippen LogP) is 7.44. The summed E-state index contributed by atoms with van der Waals surface area (Å²) in [6, 6.07) is 9.36. The second-order valence-corrected chi connectivity index (χ2v) is 13.0. The van der Waals surface area contributed by atoms with Crippen LogP contribution in [0.15, 0.2) is 73.3 Å². The number of hydrogen-bond acceptors (Lipinski definition) is 6. The molecule has 0 saturated carbocycles. The number of aromatic nitrogens is 3. The van der Waals surface area contributed by atoms with Gasteiger partial charge in [0.05, 0.1) is 11.1 Å². The van der Waals surface area contributed by atoms with Gasteiger partial charge in [0.25, 0.3) is 0 Å². The summed E-state index contributed by atoms with van der Waals surface area (Å²) in [6.45, 7) is 0.449. The molecule has 0 aliphatic carbocycles. The van der Waals surface area contributed by atoms with Gasteiger partial charge in [-0.3, -0.25) is 0 Å². The maximum Gasteiger partial charge on any atom is 0.340 e. The van der Waals surface area contributed by atoms with Crippen molar-refractivity contribution in [3.05, 3.63) is 96.1 Å². The van der Waals surface area contributed by atoms with Crippen LogP contribution in [0, 0.1) is 23.5 Å². The van der Waals surface area contributed by atoms with Gasteiger partial charge in [0, 0.05) is 11.6 Å². The smallest absolute Gasteiger partial charge is 0.340 e. The van der Waals surface area contributed by atoms with Gasteiger partial charge in [-0.2, -0.15) is 13.9 Å². The van der Waals surface area contributed by atoms with Gasteiger partial charge in [0.1, 0.15) is 35.6 Å². The van der Waals surface area contributed by atoms with Crippen LogP contribution in [0.25, 0.3) is 6.08 Å². The lowest BCUT2D eigenvalue weighted by Gasteiger charge is -2.37. The van der Waals surface area contributed by atoms with Crippen molar-refractivity contribution in [3.8, 4) is 5.75 Å². The highest BCUT2D eigenvalue weighted by molar-refractivity contribution is 8.17. The van der Waals surface area contributed by atoms with Crippen LogP contribution in [0.4, 0.5) is 26.3 Å². The lowest BCUT2D eigenvalue weighted by Crippen LogP contribution is -2.41. The van der Waals surface area contributed by atoms with E-state index in [-0.39, 0.29) is 34.3 Å². The molecule has 1 aliphatic rings. The molecule has 1 aliphatic heterocycles. The zero-order valence-electron chi connectivity index (χ0n) is 23.1. The number of ether oxygens (including phenoxy) is 1. The molecule has 2 atom stereocenters. The van der Waals surface area contributed by atoms with E-state index in [0.717, 1.165) is 29.2 Å². The molecule has 2 heterocycles. The Kier molecular flexibility index (Phi) is 11.3. The van der Waals surface area contributed by atoms with Crippen LogP contribution < -0.4 is 4.74 Å². The van der Waals surface area contributed by atoms with E-state index < -0.39 is 36.2 Å². The van der Waals surface area contributed by atoms with Crippen LogP contribution in [-0.4, -0.2) is 54.9 Å². The summed E-state index contributed by atoms with van der Waals surface area (Å²) in [7, 11) is 0. The average Bonchev–Trinajstić information content (AvgIpc) is 3.48. The Morgan fingerprint density at radius 2 is 1.81 bits per heavy atom. The molecule has 0 unspecified atom stereocenters. The zero-order chi connectivity index (χ0) is 31.0. The molecule has 5 nitrogen and oxygen atoms in total. The lowest BCUT2D eigenvalue weighted by molar-refractivity contribution is -0.148. The minimum Gasteiger partial charge on any atom is -0.487 e. The molecule has 1 saturated heterocycles. The van der Waals surface area contributed by atoms with E-state index >= 15 is 0 Å². The minimum absolute atomic E-state index is 0.0220. The summed E-state index contributed by atoms with van der Waals surface area (Å²) >= 11 is 3.53. The van der Waals surface area contributed by atoms with Crippen molar-refractivity contribution in [1.82, 2.24) is 14.8 Å². The molecule has 0 amide bonds. The van der Waals surface area contributed by atoms with Gasteiger partial charge in [-0.25, -0.2) is 27.2 Å². The molecule has 232 valence electrons. The van der Waals surface area contributed by atoms with Gasteiger partial charge in [-0.05, 0) is 53.5 Å². The number of alkyl halides is 4. The summed E-state index contributed by atoms with van der Waals surface area (Å²) in [5.74, 6) is -4.07. The third-order valence-corrected chi connectivity index (χ3v) is 10.2. The van der Waals surface area contributed by atoms with Gasteiger partial charge in [-0.1, -0.05) is 49.4 Å². The van der Waals surface area contributed by atoms with E-state index in [1.165, 1.54) is 35.5 Å². The molecule has 0 bridgehead atoms. The molecule has 1 fully saturated rings. The number of halogens is 6. The van der Waals surface area contributed by atoms with E-state index in [1.807, 2.05) is 25.2 Å². The Morgan fingerprint density at radius 1 is 1.09 bits per heavy atom. The molecule has 3 aromatic rings. The predicted molar refractivity (Wildman–Crippen MR) is 157 cm³/mol. The Hall–Kier alpha value is -2.90. The molecular weight excluding hydrogens is 612 g/mol. The first-order valence-electron chi connectivity index (χ1n) is 13.4. The number of benzene rings is 2. The second kappa shape index (κ2) is 14.7. The van der Waals surface area contributed by atoms with Crippen molar-refractivity contribution in [2.45, 2.75) is 42.4 Å². The van der Waals surface area contributed by atoms with Crippen molar-refractivity contribution >= 4 is 29.6 Å². The van der Waals surface area contributed by atoms with Crippen LogP contribution in [0.5, 0.6) is 5.75 Å². The SMILES string of the molecule is C[C@@H](CC1CSC(/C=C/C=C/c2ccc(OCC(F)(F)C(F)F)cc2)SC1)[C@](O)(Cn1cncn1)c1ccc(F)cc1F. The first kappa shape index (κ1) is 33.0. The standard InChI is InChI=1S/C30H31F6N3O2S2/c1-20(29(40,16-39-19-37-18-38-39)25-11-8-23(31)13-26(25)32)12-22-14-42-27(43-15-22)5-3-2-4-21-6-9-24(10-7-21)41-17-30(35,36)28(33)34/h2-11,13,18-20,22,27-28,40H,12,14-17H2,1H3/b4-2+,5-3+/t20-,22?,27?,29+/m0/s1. The summed E-state index contributed by atoms with van der Waals surface area (Å²) in [6.07, 6.45) is 7.26. The minimum atomic E-state index is -4.21. The number of thioether (sulfide) groups is 2. The van der Waals surface area contributed by atoms with Crippen molar-refractivity contribution in [1.29, 1.82) is 0 Å². The Balaban J connectivity index is 1.28. The van der Waals surface area contributed by atoms with Gasteiger partial charge in [-0.15, -0.1) is 23.5 Å². The molecule has 1 N–H and O–H groups in total. The highest BCUT2D eigenvalue weighted by Gasteiger charge is 2.42. The van der Waals surface area contributed by atoms with Crippen LogP contribution in [-0.2, 0) is 12.1 Å². The second-order valence-electron chi connectivity index (χ2n) is 10.3. The summed E-state index contributed by atoms with van der Waals surface area (Å²) in [5.41, 5.74) is -0.813. The highest BCUT2D eigenvalue weighted by Crippen LogP contribution is 2.42. The molecule has 1 aromatic heterocycles. The average molecular weight is 644 g/mol. The monoisotopic (exact) mass is 643 g/mol. The largest absolute Gasteiger partial charge is 0.487 e. The summed E-state index contributed by atoms with van der Waals surface area (Å²) < 4.78 is 85.4. The van der Waals surface area contributed by atoms with Crippen molar-refractivity contribution in [3.63, 3.8) is 0 Å². The van der Waals surface area contributed by atoms with Crippen LogP contribution in [0.2, 0.25) is 0 Å². The van der Waals surface area contributed by atoms with E-state index in [4.69, 9.17) is 4.74 Å². The number of hydrogen-bond donors (Lipinski definition) is 1. The summed E-state index contributed by atoms with van der Waals surface area (Å²) in [4.78, 5) is 3.91. The van der Waals surface area contributed by atoms with E-state index in [2.05, 4.69) is 16.2 Å². The molecule has 43 heavy (non-hydrogen) atoms. The maximum absolute atomic E-state index is 14.8. The number of nitrogens with zero attached hydrogens (tertiary/aromatic N) is 3. The van der Waals surface area contributed by atoms with Crippen LogP contribution in [0.3, 0.4) is 0 Å². The Bertz CT molecular complexity index is 1370. The lowest BCUT2D eigenvalue weighted by atomic mass is 9.77. The van der Waals surface area contributed by atoms with Gasteiger partial charge in [0.15, 0.2) is 6.61 Å². The fourth-order valence-corrected chi connectivity index (χ4v) is 7.49. The van der Waals surface area contributed by atoms with Crippen molar-refractivity contribution in [2.24, 2.45) is 11.8 Å². The first-order chi connectivity index (χ1) is 20.5. The van der Waals surface area contributed by atoms with Gasteiger partial charge in [0.2, 0.25) is 0 Å². The van der Waals surface area contributed by atoms with Gasteiger partial charge < -0.3 is 9.84 Å². The fourth-order valence-electron chi connectivity index (χ4n) is 4.65. The van der Waals surface area contributed by atoms with E-state index in [0.29, 0.717) is 6.42 Å². The van der Waals surface area contributed by atoms with E-state index in [1.54, 1.807) is 35.7 Å². The molecule has 13 heteroatoms. The Labute approximate surface area is 254 Å². The van der Waals surface area contributed by atoms with Gasteiger partial charge >= 0.3 is 12.3 Å². The molecular formula is C30H31F6N3O2S2. The maximum atomic E-state index is 14.8. The third kappa shape index (κ3) is 9.05. The van der Waals surface area contributed by atoms with Crippen molar-refractivity contribution < 1.29 is 36.2 Å². The first-order valence-corrected chi connectivity index (χ1v) is 15.5. The number of aliphatic hydroxyl groups is 1. The molecule has 0 spiro atoms. The highest BCUT2D eigenvalue weighted by atomic mass is 32.2. The Morgan fingerprint density at radius 3 is 2.44 bits per heavy atom. The normalized spacial score (nSPS) is 20.1. The van der Waals surface area contributed by atoms with Crippen LogP contribution in [0.1, 0.15) is 24.5 Å². The number of rotatable bonds is 13. The molecule has 4 rings (SSSR count). The van der Waals surface area contributed by atoms with E-state index in [9.17, 15) is 31.4 Å². The zero-order valence-corrected chi connectivity index (χ0v) is 24.8. The quantitative estimate of drug-likeness (QED) is 0.154. The van der Waals surface area contributed by atoms with Crippen LogP contribution >= 0.6 is 23.5 Å². The third-order valence-electron chi connectivity index (χ3n) is 7.06. The summed E-state index contributed by atoms with van der Waals surface area (Å²) in [5, 5.41) is 15.8. The number of allylic oxidation sites excluding steroid dienone is 2. The molecule has 0 radical (unpaired) electrons. The fraction of sp³-hybridized carbons (Fsp3) is 0.400. The van der Waals surface area contributed by atoms with Crippen molar-refractivity contribution in [2.75, 3.05) is 18.1 Å².